The van der Waals surface area contributed by atoms with Gasteiger partial charge in [-0.25, -0.2) is 9.37 Å². The summed E-state index contributed by atoms with van der Waals surface area (Å²) in [7, 11) is 1.40. The molecule has 3 rings (SSSR count). The average molecular weight is 544 g/mol. The zero-order chi connectivity index (χ0) is 28.9. The first kappa shape index (κ1) is 29.1. The van der Waals surface area contributed by atoms with Crippen molar-refractivity contribution < 1.29 is 32.7 Å². The summed E-state index contributed by atoms with van der Waals surface area (Å²) in [5, 5.41) is 10.0. The largest absolute Gasteiger partial charge is 0.447 e. The quantitative estimate of drug-likeness (QED) is 0.217. The molecule has 1 N–H and O–H groups in total. The molecular weight excluding hydrogens is 513 g/mol. The number of esters is 1. The second-order valence-corrected chi connectivity index (χ2v) is 9.30. The number of aryl methyl sites for hydroxylation is 2. The molecule has 0 bridgehead atoms. The molecule has 0 fully saturated rings. The number of hydrogen-bond acceptors (Lipinski definition) is 10. The van der Waals surface area contributed by atoms with Crippen LogP contribution in [-0.4, -0.2) is 43.7 Å². The van der Waals surface area contributed by atoms with Crippen molar-refractivity contribution in [1.82, 2.24) is 25.1 Å². The van der Waals surface area contributed by atoms with Crippen LogP contribution >= 0.6 is 0 Å². The molecule has 2 aromatic heterocycles. The fourth-order valence-electron chi connectivity index (χ4n) is 3.75. The predicted octanol–water partition coefficient (Wildman–Crippen LogP) is 2.77. The minimum atomic E-state index is -1.29. The normalized spacial score (nSPS) is 12.1. The highest BCUT2D eigenvalue weighted by atomic mass is 19.1. The Kier molecular flexibility index (Phi) is 8.94. The van der Waals surface area contributed by atoms with E-state index in [1.807, 2.05) is 0 Å². The van der Waals surface area contributed by atoms with E-state index >= 15 is 0 Å². The van der Waals surface area contributed by atoms with Gasteiger partial charge >= 0.3 is 17.8 Å². The second-order valence-electron chi connectivity index (χ2n) is 9.30. The van der Waals surface area contributed by atoms with Crippen LogP contribution in [-0.2, 0) is 28.5 Å². The second kappa shape index (κ2) is 12.0. The maximum absolute atomic E-state index is 13.5. The van der Waals surface area contributed by atoms with Gasteiger partial charge in [0.2, 0.25) is 17.9 Å². The highest BCUT2D eigenvalue weighted by Gasteiger charge is 2.34. The van der Waals surface area contributed by atoms with Crippen LogP contribution in [0.25, 0.3) is 0 Å². The third-order valence-electron chi connectivity index (χ3n) is 5.65. The summed E-state index contributed by atoms with van der Waals surface area (Å²) in [6, 6.07) is 5.66. The lowest BCUT2D eigenvalue weighted by Gasteiger charge is -2.28. The first-order valence-electron chi connectivity index (χ1n) is 12.2. The van der Waals surface area contributed by atoms with Crippen LogP contribution in [0.3, 0.4) is 0 Å². The van der Waals surface area contributed by atoms with E-state index in [1.165, 1.54) is 33.0 Å². The molecule has 0 spiro atoms. The highest BCUT2D eigenvalue weighted by molar-refractivity contribution is 5.97. The highest BCUT2D eigenvalue weighted by Crippen LogP contribution is 2.24. The van der Waals surface area contributed by atoms with Crippen LogP contribution in [0, 0.1) is 12.7 Å². The SMILES string of the molecule is CCC(OC(C)=O)Oc1c(C(=O)CCc2ccc(F)cc2)nc(C(C)(C)NC(=O)c2nnc(C)o2)n(C)c1=O. The Bertz CT molecular complexity index is 1430. The van der Waals surface area contributed by atoms with Gasteiger partial charge < -0.3 is 19.2 Å². The molecule has 0 aliphatic heterocycles. The van der Waals surface area contributed by atoms with Gasteiger partial charge in [0.1, 0.15) is 11.6 Å². The van der Waals surface area contributed by atoms with Crippen molar-refractivity contribution >= 4 is 17.7 Å². The lowest BCUT2D eigenvalue weighted by molar-refractivity contribution is -0.161. The molecule has 0 radical (unpaired) electrons. The molecule has 0 saturated heterocycles. The van der Waals surface area contributed by atoms with E-state index in [-0.39, 0.29) is 42.6 Å². The molecule has 1 aromatic carbocycles. The zero-order valence-electron chi connectivity index (χ0n) is 22.5. The van der Waals surface area contributed by atoms with Gasteiger partial charge in [0, 0.05) is 33.7 Å². The van der Waals surface area contributed by atoms with Crippen molar-refractivity contribution in [2.75, 3.05) is 0 Å². The number of amides is 1. The Morgan fingerprint density at radius 1 is 1.18 bits per heavy atom. The van der Waals surface area contributed by atoms with E-state index < -0.39 is 46.6 Å². The number of carbonyl (C=O) groups excluding carboxylic acids is 3. The Labute approximate surface area is 223 Å². The first-order valence-corrected chi connectivity index (χ1v) is 12.2. The van der Waals surface area contributed by atoms with E-state index in [4.69, 9.17) is 13.9 Å². The summed E-state index contributed by atoms with van der Waals surface area (Å²) >= 11 is 0. The molecule has 0 aliphatic rings. The van der Waals surface area contributed by atoms with E-state index in [0.29, 0.717) is 5.56 Å². The number of nitrogens with zero attached hydrogens (tertiary/aromatic N) is 4. The van der Waals surface area contributed by atoms with Crippen LogP contribution in [0.2, 0.25) is 0 Å². The van der Waals surface area contributed by atoms with Gasteiger partial charge in [-0.05, 0) is 38.0 Å². The summed E-state index contributed by atoms with van der Waals surface area (Å²) in [4.78, 5) is 55.6. The molecule has 1 amide bonds. The molecule has 2 heterocycles. The minimum Gasteiger partial charge on any atom is -0.447 e. The summed E-state index contributed by atoms with van der Waals surface area (Å²) in [6.07, 6.45) is -0.790. The Hall–Kier alpha value is -4.42. The fourth-order valence-corrected chi connectivity index (χ4v) is 3.75. The third kappa shape index (κ3) is 7.12. The predicted molar refractivity (Wildman–Crippen MR) is 135 cm³/mol. The van der Waals surface area contributed by atoms with E-state index in [1.54, 1.807) is 32.9 Å². The molecule has 208 valence electrons. The van der Waals surface area contributed by atoms with Crippen molar-refractivity contribution in [2.24, 2.45) is 7.05 Å². The first-order chi connectivity index (χ1) is 18.3. The van der Waals surface area contributed by atoms with Crippen LogP contribution < -0.4 is 15.6 Å². The van der Waals surface area contributed by atoms with Crippen molar-refractivity contribution in [3.05, 3.63) is 69.3 Å². The standard InChI is InChI=1S/C26H30FN5O7/c1-7-19(38-15(3)33)39-21-20(18(34)13-10-16-8-11-17(27)12-9-16)28-25(32(6)24(21)36)26(4,5)29-22(35)23-31-30-14(2)37-23/h8-9,11-12,19H,7,10,13H2,1-6H3,(H,29,35). The van der Waals surface area contributed by atoms with Crippen molar-refractivity contribution in [3.63, 3.8) is 0 Å². The molecule has 0 aliphatic carbocycles. The number of ether oxygens (including phenoxy) is 2. The van der Waals surface area contributed by atoms with Gasteiger partial charge in [-0.1, -0.05) is 19.1 Å². The third-order valence-corrected chi connectivity index (χ3v) is 5.65. The van der Waals surface area contributed by atoms with Gasteiger partial charge in [-0.15, -0.1) is 10.2 Å². The fraction of sp³-hybridized carbons (Fsp3) is 0.423. The van der Waals surface area contributed by atoms with Crippen molar-refractivity contribution in [3.8, 4) is 5.75 Å². The molecular formula is C26H30FN5O7. The topological polar surface area (TPSA) is 156 Å². The zero-order valence-corrected chi connectivity index (χ0v) is 22.5. The number of hydrogen-bond donors (Lipinski definition) is 1. The molecule has 3 aromatic rings. The van der Waals surface area contributed by atoms with E-state index in [0.717, 1.165) is 4.57 Å². The maximum Gasteiger partial charge on any atom is 0.309 e. The Morgan fingerprint density at radius 3 is 2.41 bits per heavy atom. The molecule has 12 nitrogen and oxygen atoms in total. The molecule has 1 atom stereocenters. The van der Waals surface area contributed by atoms with Gasteiger partial charge in [0.15, 0.2) is 11.5 Å². The van der Waals surface area contributed by atoms with Crippen LogP contribution in [0.4, 0.5) is 4.39 Å². The summed E-state index contributed by atoms with van der Waals surface area (Å²) < 4.78 is 30.4. The van der Waals surface area contributed by atoms with Crippen molar-refractivity contribution in [1.29, 1.82) is 0 Å². The van der Waals surface area contributed by atoms with Crippen molar-refractivity contribution in [2.45, 2.75) is 65.7 Å². The molecule has 1 unspecified atom stereocenters. The number of carbonyl (C=O) groups is 3. The average Bonchev–Trinajstić information content (AvgIpc) is 3.31. The smallest absolute Gasteiger partial charge is 0.309 e. The van der Waals surface area contributed by atoms with Crippen LogP contribution in [0.5, 0.6) is 5.75 Å². The van der Waals surface area contributed by atoms with E-state index in [2.05, 4.69) is 20.5 Å². The number of Topliss-reactive ketones (excluding diaryl/α,β-unsaturated/α-hetero) is 1. The van der Waals surface area contributed by atoms with Crippen LogP contribution in [0.1, 0.15) is 79.0 Å². The summed E-state index contributed by atoms with van der Waals surface area (Å²) in [5.41, 5.74) is -1.62. The molecule has 13 heteroatoms. The van der Waals surface area contributed by atoms with E-state index in [9.17, 15) is 23.6 Å². The number of rotatable bonds is 11. The lowest BCUT2D eigenvalue weighted by Crippen LogP contribution is -2.46. The van der Waals surface area contributed by atoms with Gasteiger partial charge in [-0.3, -0.25) is 23.7 Å². The number of halogens is 1. The number of nitrogens with one attached hydrogen (secondary N) is 1. The summed E-state index contributed by atoms with van der Waals surface area (Å²) in [5.74, 6) is -2.74. The van der Waals surface area contributed by atoms with Gasteiger partial charge in [0.05, 0.1) is 5.54 Å². The molecule has 39 heavy (non-hydrogen) atoms. The minimum absolute atomic E-state index is 0.0371. The Balaban J connectivity index is 2.02. The number of ketones is 1. The van der Waals surface area contributed by atoms with Crippen LogP contribution in [0.15, 0.2) is 33.5 Å². The monoisotopic (exact) mass is 543 g/mol. The maximum atomic E-state index is 13.5. The Morgan fingerprint density at radius 2 is 1.85 bits per heavy atom. The molecule has 0 saturated carbocycles. The van der Waals surface area contributed by atoms with Gasteiger partial charge in [0.25, 0.3) is 5.56 Å². The lowest BCUT2D eigenvalue weighted by atomic mass is 10.0. The number of benzene rings is 1. The number of aromatic nitrogens is 4. The van der Waals surface area contributed by atoms with Gasteiger partial charge in [-0.2, -0.15) is 0 Å². The summed E-state index contributed by atoms with van der Waals surface area (Å²) in [6.45, 7) is 7.56.